The highest BCUT2D eigenvalue weighted by atomic mass is 35.5. The molecular formula is C26H25Cl2N7O3. The molecule has 5 rings (SSSR count). The molecule has 12 heteroatoms. The van der Waals surface area contributed by atoms with Gasteiger partial charge in [0.05, 0.1) is 23.4 Å². The van der Waals surface area contributed by atoms with E-state index < -0.39 is 17.5 Å². The van der Waals surface area contributed by atoms with Crippen molar-refractivity contribution in [3.05, 3.63) is 80.1 Å². The van der Waals surface area contributed by atoms with Gasteiger partial charge in [0.1, 0.15) is 17.6 Å². The lowest BCUT2D eigenvalue weighted by Gasteiger charge is -2.28. The Labute approximate surface area is 228 Å². The van der Waals surface area contributed by atoms with Gasteiger partial charge in [-0.25, -0.2) is 9.97 Å². The number of aromatic amines is 1. The Morgan fingerprint density at radius 2 is 1.79 bits per heavy atom. The van der Waals surface area contributed by atoms with Crippen molar-refractivity contribution < 1.29 is 9.53 Å². The maximum absolute atomic E-state index is 14.0. The zero-order valence-electron chi connectivity index (χ0n) is 21.4. The van der Waals surface area contributed by atoms with Crippen LogP contribution in [0.1, 0.15) is 47.7 Å². The highest BCUT2D eigenvalue weighted by Gasteiger charge is 2.45. The second-order valence-corrected chi connectivity index (χ2v) is 10.2. The number of carbonyl (C=O) groups is 1. The molecule has 1 aromatic carbocycles. The number of anilines is 2. The molecule has 0 saturated carbocycles. The molecule has 38 heavy (non-hydrogen) atoms. The zero-order valence-corrected chi connectivity index (χ0v) is 22.9. The van der Waals surface area contributed by atoms with Crippen molar-refractivity contribution in [2.24, 2.45) is 0 Å². The summed E-state index contributed by atoms with van der Waals surface area (Å²) >= 11 is 12.4. The van der Waals surface area contributed by atoms with E-state index in [9.17, 15) is 9.59 Å². The number of methoxy groups -OCH3 is 1. The third-order valence-corrected chi connectivity index (χ3v) is 6.74. The van der Waals surface area contributed by atoms with E-state index in [0.717, 1.165) is 5.56 Å². The number of rotatable bonds is 6. The number of hydrogen-bond acceptors (Lipinski definition) is 7. The molecule has 0 spiro atoms. The summed E-state index contributed by atoms with van der Waals surface area (Å²) in [7, 11) is 5.19. The molecule has 1 amide bonds. The normalized spacial score (nSPS) is 14.8. The van der Waals surface area contributed by atoms with Gasteiger partial charge in [0, 0.05) is 37.6 Å². The third kappa shape index (κ3) is 4.19. The van der Waals surface area contributed by atoms with Crippen LogP contribution in [0.2, 0.25) is 10.0 Å². The van der Waals surface area contributed by atoms with Crippen LogP contribution >= 0.6 is 23.2 Å². The molecule has 1 atom stereocenters. The average molecular weight is 554 g/mol. The lowest BCUT2D eigenvalue weighted by atomic mass is 10.0. The van der Waals surface area contributed by atoms with Crippen LogP contribution in [-0.4, -0.2) is 51.6 Å². The number of pyridine rings is 1. The first-order valence-electron chi connectivity index (χ1n) is 11.8. The highest BCUT2D eigenvalue weighted by Crippen LogP contribution is 2.45. The minimum absolute atomic E-state index is 0.119. The van der Waals surface area contributed by atoms with E-state index in [1.54, 1.807) is 23.2 Å². The smallest absolute Gasteiger partial charge is 0.279 e. The lowest BCUT2D eigenvalue weighted by molar-refractivity contribution is 0.0989. The minimum Gasteiger partial charge on any atom is -0.480 e. The van der Waals surface area contributed by atoms with Gasteiger partial charge >= 0.3 is 0 Å². The maximum Gasteiger partial charge on any atom is 0.279 e. The third-order valence-electron chi connectivity index (χ3n) is 6.27. The Morgan fingerprint density at radius 3 is 2.42 bits per heavy atom. The number of nitrogens with zero attached hydrogens (tertiary/aromatic N) is 6. The number of imidazole rings is 1. The predicted octanol–water partition coefficient (Wildman–Crippen LogP) is 4.74. The van der Waals surface area contributed by atoms with E-state index in [4.69, 9.17) is 32.9 Å². The molecule has 0 fully saturated rings. The van der Waals surface area contributed by atoms with Gasteiger partial charge in [0.15, 0.2) is 5.69 Å². The van der Waals surface area contributed by atoms with Crippen molar-refractivity contribution in [2.75, 3.05) is 31.0 Å². The van der Waals surface area contributed by atoms with Crippen LogP contribution in [0.15, 0.2) is 47.5 Å². The Morgan fingerprint density at radius 1 is 1.08 bits per heavy atom. The van der Waals surface area contributed by atoms with Gasteiger partial charge in [0.2, 0.25) is 11.8 Å². The van der Waals surface area contributed by atoms with Gasteiger partial charge in [-0.1, -0.05) is 35.3 Å². The number of amides is 1. The molecule has 0 saturated heterocycles. The van der Waals surface area contributed by atoms with E-state index in [1.807, 2.05) is 44.6 Å². The molecule has 0 radical (unpaired) electrons. The number of fused-ring (bicyclic) bond motifs is 1. The summed E-state index contributed by atoms with van der Waals surface area (Å²) in [4.78, 5) is 46.4. The summed E-state index contributed by atoms with van der Waals surface area (Å²) in [5, 5.41) is 0.841. The fourth-order valence-corrected chi connectivity index (χ4v) is 4.92. The van der Waals surface area contributed by atoms with Crippen LogP contribution in [-0.2, 0) is 0 Å². The van der Waals surface area contributed by atoms with Crippen LogP contribution in [0, 0.1) is 0 Å². The number of ether oxygens (including phenoxy) is 1. The predicted molar refractivity (Wildman–Crippen MR) is 147 cm³/mol. The molecule has 10 nitrogen and oxygen atoms in total. The van der Waals surface area contributed by atoms with Crippen LogP contribution < -0.4 is 20.1 Å². The second kappa shape index (κ2) is 9.77. The first-order chi connectivity index (χ1) is 18.1. The average Bonchev–Trinajstić information content (AvgIpc) is 3.40. The molecule has 4 aromatic rings. The summed E-state index contributed by atoms with van der Waals surface area (Å²) < 4.78 is 7.56. The molecule has 3 aromatic heterocycles. The zero-order chi connectivity index (χ0) is 27.3. The van der Waals surface area contributed by atoms with E-state index in [-0.39, 0.29) is 17.4 Å². The molecule has 0 aliphatic carbocycles. The number of halogens is 2. The van der Waals surface area contributed by atoms with Crippen molar-refractivity contribution in [3.8, 4) is 17.3 Å². The number of carbonyl (C=O) groups excluding carboxylic acids is 1. The Kier molecular flexibility index (Phi) is 6.62. The summed E-state index contributed by atoms with van der Waals surface area (Å²) in [5.41, 5.74) is 1.80. The first kappa shape index (κ1) is 25.7. The monoisotopic (exact) mass is 553 g/mol. The van der Waals surface area contributed by atoms with Gasteiger partial charge < -0.3 is 19.2 Å². The van der Waals surface area contributed by atoms with Gasteiger partial charge in [-0.15, -0.1) is 0 Å². The largest absolute Gasteiger partial charge is 0.480 e. The lowest BCUT2D eigenvalue weighted by Crippen LogP contribution is -2.34. The quantitative estimate of drug-likeness (QED) is 0.367. The second-order valence-electron chi connectivity index (χ2n) is 9.28. The summed E-state index contributed by atoms with van der Waals surface area (Å²) in [6.07, 6.45) is 3.02. The van der Waals surface area contributed by atoms with Gasteiger partial charge in [-0.3, -0.25) is 14.5 Å². The van der Waals surface area contributed by atoms with Crippen LogP contribution in [0.4, 0.5) is 11.6 Å². The van der Waals surface area contributed by atoms with Crippen molar-refractivity contribution in [2.45, 2.75) is 25.9 Å². The summed E-state index contributed by atoms with van der Waals surface area (Å²) in [6.45, 7) is 3.98. The van der Waals surface area contributed by atoms with E-state index in [1.165, 1.54) is 24.3 Å². The van der Waals surface area contributed by atoms with E-state index >= 15 is 0 Å². The van der Waals surface area contributed by atoms with Gasteiger partial charge in [-0.05, 0) is 37.6 Å². The molecule has 196 valence electrons. The number of nitrogens with one attached hydrogen (secondary N) is 1. The van der Waals surface area contributed by atoms with Crippen LogP contribution in [0.3, 0.4) is 0 Å². The number of benzene rings is 1. The van der Waals surface area contributed by atoms with E-state index in [0.29, 0.717) is 39.0 Å². The molecule has 1 aliphatic rings. The maximum atomic E-state index is 14.0. The number of hydrogen-bond donors (Lipinski definition) is 1. The molecule has 1 aliphatic heterocycles. The minimum atomic E-state index is -0.675. The SMILES string of the molecule is COc1nc(N(C)C)ncc1-c1nc2c(n1C(C)C)[C@@H](c1ccc(Cl)cc1)N(c1cc(Cl)c[nH]c1=O)C2=O. The van der Waals surface area contributed by atoms with Gasteiger partial charge in [0.25, 0.3) is 11.5 Å². The Hall–Kier alpha value is -3.89. The topological polar surface area (TPSA) is 109 Å². The Bertz CT molecular complexity index is 1600. The summed E-state index contributed by atoms with van der Waals surface area (Å²) in [5.74, 6) is 0.854. The van der Waals surface area contributed by atoms with Gasteiger partial charge in [-0.2, -0.15) is 4.98 Å². The molecular weight excluding hydrogens is 529 g/mol. The van der Waals surface area contributed by atoms with E-state index in [2.05, 4.69) is 15.0 Å². The Balaban J connectivity index is 1.79. The standard InChI is InChI=1S/C26H25Cl2N7O3/c1-13(2)34-21-19(31-22(34)17-12-30-26(33(3)4)32-24(17)38-5)25(37)35(18-10-16(28)11-29-23(18)36)20(21)14-6-8-15(27)9-7-14/h6-13,20H,1-5H3,(H,29,36)/t20-/m1/s1. The van der Waals surface area contributed by atoms with Crippen LogP contribution in [0.5, 0.6) is 5.88 Å². The molecule has 1 N–H and O–H groups in total. The molecule has 0 bridgehead atoms. The van der Waals surface area contributed by atoms with Crippen molar-refractivity contribution in [3.63, 3.8) is 0 Å². The van der Waals surface area contributed by atoms with Crippen molar-refractivity contribution in [1.29, 1.82) is 0 Å². The fourth-order valence-electron chi connectivity index (χ4n) is 4.64. The van der Waals surface area contributed by atoms with Crippen LogP contribution in [0.25, 0.3) is 11.4 Å². The number of aromatic nitrogens is 5. The van der Waals surface area contributed by atoms with Crippen molar-refractivity contribution >= 4 is 40.7 Å². The first-order valence-corrected chi connectivity index (χ1v) is 12.6. The highest BCUT2D eigenvalue weighted by molar-refractivity contribution is 6.31. The molecule has 4 heterocycles. The number of H-pyrrole nitrogens is 1. The molecule has 0 unspecified atom stereocenters. The fraction of sp³-hybridized carbons (Fsp3) is 0.269. The van der Waals surface area contributed by atoms with Crippen molar-refractivity contribution in [1.82, 2.24) is 24.5 Å². The summed E-state index contributed by atoms with van der Waals surface area (Å²) in [6, 6.07) is 7.82.